The lowest BCUT2D eigenvalue weighted by molar-refractivity contribution is -0.136. The molecule has 23 heavy (non-hydrogen) atoms. The molecular formula is C16H17FN2O4. The molecule has 1 aromatic rings. The number of carbonyl (C=O) groups excluding carboxylic acids is 2. The summed E-state index contributed by atoms with van der Waals surface area (Å²) in [5.41, 5.74) is -0.366. The van der Waals surface area contributed by atoms with Crippen LogP contribution in [0.2, 0.25) is 0 Å². The Morgan fingerprint density at radius 1 is 1.43 bits per heavy atom. The fraction of sp³-hybridized carbons (Fsp3) is 0.500. The van der Waals surface area contributed by atoms with E-state index in [0.717, 1.165) is 0 Å². The quantitative estimate of drug-likeness (QED) is 0.816. The Bertz CT molecular complexity index is 695. The number of halogens is 1. The van der Waals surface area contributed by atoms with Crippen LogP contribution in [0.1, 0.15) is 23.2 Å². The number of benzene rings is 1. The molecule has 0 radical (unpaired) electrons. The zero-order chi connectivity index (χ0) is 16.2. The maximum absolute atomic E-state index is 13.3. The highest BCUT2D eigenvalue weighted by Crippen LogP contribution is 2.46. The molecule has 2 atom stereocenters. The van der Waals surface area contributed by atoms with Crippen LogP contribution in [0, 0.1) is 5.82 Å². The molecule has 3 fully saturated rings. The third-order valence-corrected chi connectivity index (χ3v) is 5.06. The number of ether oxygens (including phenoxy) is 2. The predicted octanol–water partition coefficient (Wildman–Crippen LogP) is 1.01. The lowest BCUT2D eigenvalue weighted by Gasteiger charge is -2.31. The highest BCUT2D eigenvalue weighted by atomic mass is 19.1. The van der Waals surface area contributed by atoms with E-state index in [1.807, 2.05) is 0 Å². The van der Waals surface area contributed by atoms with Gasteiger partial charge in [-0.25, -0.2) is 4.39 Å². The third-order valence-electron chi connectivity index (χ3n) is 5.06. The molecule has 1 spiro atoms. The van der Waals surface area contributed by atoms with Crippen LogP contribution in [0.4, 0.5) is 4.39 Å². The van der Waals surface area contributed by atoms with Gasteiger partial charge < -0.3 is 19.3 Å². The van der Waals surface area contributed by atoms with Crippen LogP contribution < -0.4 is 4.74 Å². The smallest absolute Gasteiger partial charge is 0.258 e. The monoisotopic (exact) mass is 320 g/mol. The summed E-state index contributed by atoms with van der Waals surface area (Å²) in [5, 5.41) is 0. The number of carbonyl (C=O) groups is 2. The molecule has 0 aromatic heterocycles. The molecule has 3 heterocycles. The highest BCUT2D eigenvalue weighted by Gasteiger charge is 2.63. The van der Waals surface area contributed by atoms with E-state index in [2.05, 4.69) is 0 Å². The van der Waals surface area contributed by atoms with Crippen molar-refractivity contribution in [1.29, 1.82) is 0 Å². The van der Waals surface area contributed by atoms with Gasteiger partial charge in [-0.05, 0) is 12.1 Å². The van der Waals surface area contributed by atoms with Crippen molar-refractivity contribution < 1.29 is 23.5 Å². The second-order valence-corrected chi connectivity index (χ2v) is 6.05. The van der Waals surface area contributed by atoms with Gasteiger partial charge in [0, 0.05) is 25.6 Å². The van der Waals surface area contributed by atoms with Gasteiger partial charge in [-0.3, -0.25) is 9.59 Å². The first-order chi connectivity index (χ1) is 11.1. The Morgan fingerprint density at radius 3 is 3.04 bits per heavy atom. The second-order valence-electron chi connectivity index (χ2n) is 6.05. The van der Waals surface area contributed by atoms with Crippen molar-refractivity contribution in [3.63, 3.8) is 0 Å². The summed E-state index contributed by atoms with van der Waals surface area (Å²) in [6, 6.07) is 3.56. The molecule has 3 saturated heterocycles. The van der Waals surface area contributed by atoms with Gasteiger partial charge in [-0.1, -0.05) is 0 Å². The first kappa shape index (κ1) is 14.4. The van der Waals surface area contributed by atoms with E-state index in [0.29, 0.717) is 31.7 Å². The Morgan fingerprint density at radius 2 is 2.26 bits per heavy atom. The van der Waals surface area contributed by atoms with E-state index in [4.69, 9.17) is 9.47 Å². The number of amides is 2. The summed E-state index contributed by atoms with van der Waals surface area (Å²) in [6.07, 6.45) is 0.883. The largest absolute Gasteiger partial charge is 0.496 e. The van der Waals surface area contributed by atoms with Crippen molar-refractivity contribution in [3.05, 3.63) is 29.6 Å². The topological polar surface area (TPSA) is 59.1 Å². The van der Waals surface area contributed by atoms with Gasteiger partial charge in [0.15, 0.2) is 5.72 Å². The molecule has 0 aliphatic carbocycles. The summed E-state index contributed by atoms with van der Waals surface area (Å²) in [7, 11) is 1.40. The number of hydrogen-bond acceptors (Lipinski definition) is 4. The van der Waals surface area contributed by atoms with Crippen molar-refractivity contribution in [1.82, 2.24) is 9.80 Å². The fourth-order valence-corrected chi connectivity index (χ4v) is 4.03. The van der Waals surface area contributed by atoms with Crippen LogP contribution in [0.15, 0.2) is 18.2 Å². The molecule has 1 aromatic carbocycles. The Kier molecular flexibility index (Phi) is 3.09. The van der Waals surface area contributed by atoms with Gasteiger partial charge in [0.2, 0.25) is 5.91 Å². The minimum absolute atomic E-state index is 0.0241. The Hall–Kier alpha value is -2.15. The summed E-state index contributed by atoms with van der Waals surface area (Å²) in [6.45, 7) is 1.59. The predicted molar refractivity (Wildman–Crippen MR) is 77.4 cm³/mol. The zero-order valence-electron chi connectivity index (χ0n) is 12.8. The fourth-order valence-electron chi connectivity index (χ4n) is 4.03. The van der Waals surface area contributed by atoms with Gasteiger partial charge in [0.1, 0.15) is 11.6 Å². The molecule has 0 bridgehead atoms. The molecule has 6 nitrogen and oxygen atoms in total. The number of hydrogen-bond donors (Lipinski definition) is 0. The molecule has 0 N–H and O–H groups in total. The number of rotatable bonds is 2. The first-order valence-electron chi connectivity index (χ1n) is 7.66. The summed E-state index contributed by atoms with van der Waals surface area (Å²) < 4.78 is 24.3. The molecule has 3 aliphatic heterocycles. The Balaban J connectivity index is 1.67. The minimum Gasteiger partial charge on any atom is -0.496 e. The van der Waals surface area contributed by atoms with E-state index < -0.39 is 11.5 Å². The number of nitrogens with zero attached hydrogens (tertiary/aromatic N) is 2. The lowest BCUT2D eigenvalue weighted by Crippen LogP contribution is -2.48. The molecule has 122 valence electrons. The van der Waals surface area contributed by atoms with E-state index in [1.54, 1.807) is 9.80 Å². The second kappa shape index (κ2) is 4.92. The number of methoxy groups -OCH3 is 1. The van der Waals surface area contributed by atoms with Crippen molar-refractivity contribution in [2.45, 2.75) is 24.6 Å². The van der Waals surface area contributed by atoms with Crippen molar-refractivity contribution in [3.8, 4) is 5.75 Å². The molecule has 7 heteroatoms. The zero-order valence-corrected chi connectivity index (χ0v) is 12.8. The standard InChI is InChI=1S/C16H17FN2O4/c1-22-12-8-10(17)2-3-11(12)15(21)18-5-4-16-13(18)9-14(20)19(16)6-7-23-16/h2-3,8,13H,4-7,9H2,1H3/t13-,16+/m1/s1. The van der Waals surface area contributed by atoms with Gasteiger partial charge in [-0.15, -0.1) is 0 Å². The summed E-state index contributed by atoms with van der Waals surface area (Å²) in [5.74, 6) is -0.493. The van der Waals surface area contributed by atoms with E-state index >= 15 is 0 Å². The molecule has 0 unspecified atom stereocenters. The van der Waals surface area contributed by atoms with Crippen LogP contribution in [0.25, 0.3) is 0 Å². The maximum atomic E-state index is 13.3. The van der Waals surface area contributed by atoms with Crippen molar-refractivity contribution in [2.75, 3.05) is 26.8 Å². The number of likely N-dealkylation sites (tertiary alicyclic amines) is 1. The Labute approximate surface area is 132 Å². The highest BCUT2D eigenvalue weighted by molar-refractivity contribution is 5.98. The molecule has 2 amide bonds. The van der Waals surface area contributed by atoms with Crippen LogP contribution in [-0.2, 0) is 9.53 Å². The average Bonchev–Trinajstić information content (AvgIpc) is 3.18. The van der Waals surface area contributed by atoms with Gasteiger partial charge in [0.25, 0.3) is 5.91 Å². The molecular weight excluding hydrogens is 303 g/mol. The normalized spacial score (nSPS) is 29.0. The van der Waals surface area contributed by atoms with Crippen LogP contribution in [-0.4, -0.2) is 60.2 Å². The average molecular weight is 320 g/mol. The molecule has 0 saturated carbocycles. The summed E-state index contributed by atoms with van der Waals surface area (Å²) in [4.78, 5) is 28.5. The van der Waals surface area contributed by atoms with E-state index in [9.17, 15) is 14.0 Å². The maximum Gasteiger partial charge on any atom is 0.258 e. The first-order valence-corrected chi connectivity index (χ1v) is 7.66. The molecule has 3 aliphatic rings. The third kappa shape index (κ3) is 1.89. The minimum atomic E-state index is -0.667. The van der Waals surface area contributed by atoms with Crippen LogP contribution in [0.5, 0.6) is 5.75 Å². The molecule has 4 rings (SSSR count). The van der Waals surface area contributed by atoms with Crippen LogP contribution >= 0.6 is 0 Å². The lowest BCUT2D eigenvalue weighted by atomic mass is 10.1. The summed E-state index contributed by atoms with van der Waals surface area (Å²) >= 11 is 0. The van der Waals surface area contributed by atoms with E-state index in [1.165, 1.54) is 25.3 Å². The van der Waals surface area contributed by atoms with Gasteiger partial charge in [-0.2, -0.15) is 0 Å². The van der Waals surface area contributed by atoms with Gasteiger partial charge >= 0.3 is 0 Å². The van der Waals surface area contributed by atoms with Crippen molar-refractivity contribution in [2.24, 2.45) is 0 Å². The van der Waals surface area contributed by atoms with Crippen molar-refractivity contribution >= 4 is 11.8 Å². The van der Waals surface area contributed by atoms with Gasteiger partial charge in [0.05, 0.1) is 31.7 Å². The SMILES string of the molecule is COc1cc(F)ccc1C(=O)N1CC[C@@]23OCCN2C(=O)C[C@@H]13. The van der Waals surface area contributed by atoms with E-state index in [-0.39, 0.29) is 30.0 Å². The van der Waals surface area contributed by atoms with Crippen LogP contribution in [0.3, 0.4) is 0 Å².